The van der Waals surface area contributed by atoms with Gasteiger partial charge in [-0.1, -0.05) is 83.6 Å². The standard InChI is InChI=1S/C28H24Cl2N2O4S2/c1-2-35-24-14-19(8-11-23(24)36-17-26(33)31-22-10-9-20(29)16-21(22)30)15-25-27(34)32(28(37)38-25)13-12-18-6-4-3-5-7-18/h3-11,14-16H,2,12-13,17H2,1H3,(H,31,33)/b25-15-. The molecule has 4 rings (SSSR count). The van der Waals surface area contributed by atoms with E-state index in [0.717, 1.165) is 17.5 Å². The lowest BCUT2D eigenvalue weighted by Crippen LogP contribution is -2.30. The number of thioether (sulfide) groups is 1. The van der Waals surface area contributed by atoms with E-state index < -0.39 is 0 Å². The maximum atomic E-state index is 13.0. The van der Waals surface area contributed by atoms with E-state index >= 15 is 0 Å². The van der Waals surface area contributed by atoms with Gasteiger partial charge in [-0.2, -0.15) is 0 Å². The van der Waals surface area contributed by atoms with Crippen LogP contribution in [0.1, 0.15) is 18.1 Å². The molecule has 0 aromatic heterocycles. The molecule has 3 aromatic carbocycles. The van der Waals surface area contributed by atoms with E-state index in [1.165, 1.54) is 11.8 Å². The number of hydrogen-bond donors (Lipinski definition) is 1. The van der Waals surface area contributed by atoms with Gasteiger partial charge in [0.1, 0.15) is 4.32 Å². The highest BCUT2D eigenvalue weighted by Gasteiger charge is 2.31. The lowest BCUT2D eigenvalue weighted by atomic mass is 10.1. The zero-order valence-electron chi connectivity index (χ0n) is 20.4. The molecule has 1 N–H and O–H groups in total. The van der Waals surface area contributed by atoms with Crippen molar-refractivity contribution in [3.05, 3.63) is 92.8 Å². The maximum Gasteiger partial charge on any atom is 0.266 e. The minimum atomic E-state index is -0.389. The number of rotatable bonds is 10. The van der Waals surface area contributed by atoms with Gasteiger partial charge in [0.15, 0.2) is 18.1 Å². The summed E-state index contributed by atoms with van der Waals surface area (Å²) in [5.74, 6) is 0.349. The van der Waals surface area contributed by atoms with E-state index in [9.17, 15) is 9.59 Å². The normalized spacial score (nSPS) is 14.2. The molecular formula is C28H24Cl2N2O4S2. The summed E-state index contributed by atoms with van der Waals surface area (Å²) in [5.41, 5.74) is 2.33. The first-order chi connectivity index (χ1) is 18.3. The molecule has 0 atom stereocenters. The average molecular weight is 588 g/mol. The van der Waals surface area contributed by atoms with Gasteiger partial charge in [-0.3, -0.25) is 14.5 Å². The van der Waals surface area contributed by atoms with Crippen LogP contribution in [0.5, 0.6) is 11.5 Å². The van der Waals surface area contributed by atoms with Crippen molar-refractivity contribution in [2.24, 2.45) is 0 Å². The molecule has 6 nitrogen and oxygen atoms in total. The molecule has 1 aliphatic heterocycles. The van der Waals surface area contributed by atoms with Gasteiger partial charge in [-0.25, -0.2) is 0 Å². The molecule has 0 radical (unpaired) electrons. The van der Waals surface area contributed by atoms with Crippen LogP contribution in [0.3, 0.4) is 0 Å². The highest BCUT2D eigenvalue weighted by atomic mass is 35.5. The number of thiocarbonyl (C=S) groups is 1. The van der Waals surface area contributed by atoms with Crippen molar-refractivity contribution in [1.29, 1.82) is 0 Å². The van der Waals surface area contributed by atoms with Gasteiger partial charge in [-0.15, -0.1) is 0 Å². The first-order valence-corrected chi connectivity index (χ1v) is 13.8. The number of hydrogen-bond acceptors (Lipinski definition) is 6. The van der Waals surface area contributed by atoms with Crippen LogP contribution in [0.15, 0.2) is 71.6 Å². The topological polar surface area (TPSA) is 67.9 Å². The molecule has 38 heavy (non-hydrogen) atoms. The number of nitrogens with one attached hydrogen (secondary N) is 1. The van der Waals surface area contributed by atoms with E-state index in [1.807, 2.05) is 37.3 Å². The van der Waals surface area contributed by atoms with Crippen LogP contribution < -0.4 is 14.8 Å². The number of nitrogens with zero attached hydrogens (tertiary/aromatic N) is 1. The second-order valence-electron chi connectivity index (χ2n) is 8.17. The largest absolute Gasteiger partial charge is 0.490 e. The van der Waals surface area contributed by atoms with E-state index in [0.29, 0.717) is 49.6 Å². The molecule has 0 aliphatic carbocycles. The zero-order chi connectivity index (χ0) is 27.1. The van der Waals surface area contributed by atoms with Crippen LogP contribution in [0.4, 0.5) is 5.69 Å². The first kappa shape index (κ1) is 28.0. The Morgan fingerprint density at radius 1 is 1.05 bits per heavy atom. The molecule has 1 aliphatic rings. The van der Waals surface area contributed by atoms with Crippen LogP contribution in [-0.2, 0) is 16.0 Å². The Hall–Kier alpha value is -3.04. The second-order valence-corrected chi connectivity index (χ2v) is 10.7. The Morgan fingerprint density at radius 2 is 1.84 bits per heavy atom. The van der Waals surface area contributed by atoms with Crippen LogP contribution in [0.2, 0.25) is 10.0 Å². The fourth-order valence-electron chi connectivity index (χ4n) is 3.65. The molecule has 1 saturated heterocycles. The van der Waals surface area contributed by atoms with Gasteiger partial charge in [-0.05, 0) is 60.9 Å². The quantitative estimate of drug-likeness (QED) is 0.207. The van der Waals surface area contributed by atoms with E-state index in [4.69, 9.17) is 44.9 Å². The monoisotopic (exact) mass is 586 g/mol. The summed E-state index contributed by atoms with van der Waals surface area (Å²) >= 11 is 18.8. The number of amides is 2. The average Bonchev–Trinajstić information content (AvgIpc) is 3.16. The maximum absolute atomic E-state index is 13.0. The SMILES string of the molecule is CCOc1cc(/C=C2\SC(=S)N(CCc3ccccc3)C2=O)ccc1OCC(=O)Nc1ccc(Cl)cc1Cl. The number of ether oxygens (including phenoxy) is 2. The van der Waals surface area contributed by atoms with Gasteiger partial charge in [0.25, 0.3) is 11.8 Å². The fourth-order valence-corrected chi connectivity index (χ4v) is 5.42. The van der Waals surface area contributed by atoms with Crippen LogP contribution in [-0.4, -0.2) is 40.8 Å². The van der Waals surface area contributed by atoms with Crippen molar-refractivity contribution < 1.29 is 19.1 Å². The van der Waals surface area contributed by atoms with Gasteiger partial charge in [0.2, 0.25) is 0 Å². The Bertz CT molecular complexity index is 1380. The molecule has 0 spiro atoms. The molecular weight excluding hydrogens is 563 g/mol. The molecule has 196 valence electrons. The lowest BCUT2D eigenvalue weighted by Gasteiger charge is -2.14. The van der Waals surface area contributed by atoms with Crippen molar-refractivity contribution in [2.75, 3.05) is 25.1 Å². The Morgan fingerprint density at radius 3 is 2.58 bits per heavy atom. The summed E-state index contributed by atoms with van der Waals surface area (Å²) in [6.45, 7) is 2.52. The lowest BCUT2D eigenvalue weighted by molar-refractivity contribution is -0.122. The van der Waals surface area contributed by atoms with Gasteiger partial charge >= 0.3 is 0 Å². The zero-order valence-corrected chi connectivity index (χ0v) is 23.6. The number of carbonyl (C=O) groups is 2. The van der Waals surface area contributed by atoms with Crippen molar-refractivity contribution in [3.63, 3.8) is 0 Å². The van der Waals surface area contributed by atoms with Crippen LogP contribution in [0.25, 0.3) is 6.08 Å². The molecule has 3 aromatic rings. The Kier molecular flexibility index (Phi) is 9.69. The predicted molar refractivity (Wildman–Crippen MR) is 158 cm³/mol. The second kappa shape index (κ2) is 13.2. The minimum Gasteiger partial charge on any atom is -0.490 e. The highest BCUT2D eigenvalue weighted by Crippen LogP contribution is 2.35. The molecule has 1 heterocycles. The predicted octanol–water partition coefficient (Wildman–Crippen LogP) is 6.85. The molecule has 10 heteroatoms. The third kappa shape index (κ3) is 7.29. The highest BCUT2D eigenvalue weighted by molar-refractivity contribution is 8.26. The number of anilines is 1. The minimum absolute atomic E-state index is 0.119. The Balaban J connectivity index is 1.41. The number of benzene rings is 3. The van der Waals surface area contributed by atoms with Crippen molar-refractivity contribution in [1.82, 2.24) is 4.90 Å². The molecule has 2 amide bonds. The van der Waals surface area contributed by atoms with E-state index in [1.54, 1.807) is 47.4 Å². The van der Waals surface area contributed by atoms with Crippen molar-refractivity contribution in [2.45, 2.75) is 13.3 Å². The van der Waals surface area contributed by atoms with Crippen molar-refractivity contribution >= 4 is 75.1 Å². The third-order valence-electron chi connectivity index (χ3n) is 5.47. The summed E-state index contributed by atoms with van der Waals surface area (Å²) < 4.78 is 12.0. The van der Waals surface area contributed by atoms with Crippen LogP contribution in [0, 0.1) is 0 Å². The van der Waals surface area contributed by atoms with Gasteiger partial charge in [0.05, 0.1) is 22.2 Å². The van der Waals surface area contributed by atoms with Gasteiger partial charge < -0.3 is 14.8 Å². The molecule has 0 saturated carbocycles. The summed E-state index contributed by atoms with van der Waals surface area (Å²) in [6.07, 6.45) is 2.50. The smallest absolute Gasteiger partial charge is 0.266 e. The summed E-state index contributed by atoms with van der Waals surface area (Å²) in [5, 5.41) is 3.49. The fraction of sp³-hybridized carbons (Fsp3) is 0.179. The summed E-state index contributed by atoms with van der Waals surface area (Å²) in [6, 6.07) is 20.0. The summed E-state index contributed by atoms with van der Waals surface area (Å²) in [4.78, 5) is 27.6. The number of halogens is 2. The van der Waals surface area contributed by atoms with E-state index in [2.05, 4.69) is 5.32 Å². The third-order valence-corrected chi connectivity index (χ3v) is 7.40. The Labute approximate surface area is 240 Å². The number of carbonyl (C=O) groups excluding carboxylic acids is 2. The molecule has 0 bridgehead atoms. The summed E-state index contributed by atoms with van der Waals surface area (Å²) in [7, 11) is 0. The van der Waals surface area contributed by atoms with Crippen LogP contribution >= 0.6 is 47.2 Å². The van der Waals surface area contributed by atoms with Gasteiger partial charge in [0, 0.05) is 11.6 Å². The van der Waals surface area contributed by atoms with E-state index in [-0.39, 0.29) is 18.4 Å². The first-order valence-electron chi connectivity index (χ1n) is 11.8. The van der Waals surface area contributed by atoms with Crippen molar-refractivity contribution in [3.8, 4) is 11.5 Å². The molecule has 0 unspecified atom stereocenters. The molecule has 1 fully saturated rings.